The summed E-state index contributed by atoms with van der Waals surface area (Å²) in [5.74, 6) is 0.353. The number of benzene rings is 1. The number of rotatable bonds is 5. The van der Waals surface area contributed by atoms with Crippen LogP contribution in [-0.4, -0.2) is 23.2 Å². The molecule has 0 bridgehead atoms. The molecule has 2 heterocycles. The summed E-state index contributed by atoms with van der Waals surface area (Å²) in [5.41, 5.74) is 2.05. The van der Waals surface area contributed by atoms with Crippen LogP contribution in [0.5, 0.6) is 0 Å². The van der Waals surface area contributed by atoms with E-state index in [9.17, 15) is 8.42 Å². The highest BCUT2D eigenvalue weighted by Crippen LogP contribution is 2.29. The molecule has 3 aromatic rings. The van der Waals surface area contributed by atoms with Crippen molar-refractivity contribution in [1.29, 1.82) is 0 Å². The Balaban J connectivity index is 2.05. The van der Waals surface area contributed by atoms with Crippen molar-refractivity contribution in [2.45, 2.75) is 32.2 Å². The number of para-hydroxylation sites is 1. The first-order chi connectivity index (χ1) is 11.4. The number of oxazole rings is 1. The number of hydrogen-bond donors (Lipinski definition) is 1. The van der Waals surface area contributed by atoms with Crippen molar-refractivity contribution in [2.24, 2.45) is 0 Å². The Morgan fingerprint density at radius 2 is 2.00 bits per heavy atom. The highest BCUT2D eigenvalue weighted by atomic mass is 32.2. The summed E-state index contributed by atoms with van der Waals surface area (Å²) in [5, 5.41) is 4.28. The Hall–Kier alpha value is -2.61. The van der Waals surface area contributed by atoms with Gasteiger partial charge < -0.3 is 4.42 Å². The van der Waals surface area contributed by atoms with Gasteiger partial charge in [0.05, 0.1) is 28.8 Å². The van der Waals surface area contributed by atoms with Crippen molar-refractivity contribution in [2.75, 3.05) is 4.72 Å². The minimum atomic E-state index is -3.78. The quantitative estimate of drug-likeness (QED) is 0.767. The van der Waals surface area contributed by atoms with Crippen LogP contribution in [0.4, 0.5) is 5.69 Å². The SMILES string of the molecule is CCn1nc(C)c(S(=O)(=O)Nc2ccccc2-c2ncco2)c1C. The Labute approximate surface area is 140 Å². The summed E-state index contributed by atoms with van der Waals surface area (Å²) in [7, 11) is -3.78. The standard InChI is InChI=1S/C16H18N4O3S/c1-4-20-12(3)15(11(2)18-20)24(21,22)19-14-8-6-5-7-13(14)16-17-9-10-23-16/h5-10,19H,4H2,1-3H3. The van der Waals surface area contributed by atoms with Gasteiger partial charge in [-0.15, -0.1) is 0 Å². The number of nitrogens with one attached hydrogen (secondary N) is 1. The summed E-state index contributed by atoms with van der Waals surface area (Å²) in [6.07, 6.45) is 2.96. The van der Waals surface area contributed by atoms with Gasteiger partial charge in [-0.25, -0.2) is 13.4 Å². The van der Waals surface area contributed by atoms with Crippen LogP contribution in [0.25, 0.3) is 11.5 Å². The molecule has 1 aromatic carbocycles. The van der Waals surface area contributed by atoms with E-state index in [0.717, 1.165) is 0 Å². The smallest absolute Gasteiger partial charge is 0.265 e. The highest BCUT2D eigenvalue weighted by molar-refractivity contribution is 7.92. The lowest BCUT2D eigenvalue weighted by atomic mass is 10.2. The lowest BCUT2D eigenvalue weighted by Gasteiger charge is -2.11. The van der Waals surface area contributed by atoms with Gasteiger partial charge in [-0.05, 0) is 32.9 Å². The predicted octanol–water partition coefficient (Wildman–Crippen LogP) is 2.98. The second-order valence-corrected chi connectivity index (χ2v) is 6.92. The zero-order valence-electron chi connectivity index (χ0n) is 13.6. The number of aryl methyl sites for hydroxylation is 2. The molecule has 1 N–H and O–H groups in total. The molecular weight excluding hydrogens is 328 g/mol. The third-order valence-corrected chi connectivity index (χ3v) is 5.33. The van der Waals surface area contributed by atoms with E-state index in [-0.39, 0.29) is 4.90 Å². The molecule has 0 atom stereocenters. The van der Waals surface area contributed by atoms with Crippen LogP contribution < -0.4 is 4.72 Å². The number of nitrogens with zero attached hydrogens (tertiary/aromatic N) is 3. The Bertz CT molecular complexity index is 959. The van der Waals surface area contributed by atoms with Crippen LogP contribution in [0.3, 0.4) is 0 Å². The normalized spacial score (nSPS) is 11.6. The molecule has 7 nitrogen and oxygen atoms in total. The van der Waals surface area contributed by atoms with Crippen molar-refractivity contribution < 1.29 is 12.8 Å². The van der Waals surface area contributed by atoms with Gasteiger partial charge in [0.2, 0.25) is 5.89 Å². The molecule has 3 rings (SSSR count). The molecule has 8 heteroatoms. The minimum absolute atomic E-state index is 0.201. The van der Waals surface area contributed by atoms with E-state index >= 15 is 0 Å². The average Bonchev–Trinajstić information content (AvgIpc) is 3.15. The van der Waals surface area contributed by atoms with E-state index < -0.39 is 10.0 Å². The first kappa shape index (κ1) is 16.3. The Morgan fingerprint density at radius 3 is 2.62 bits per heavy atom. The van der Waals surface area contributed by atoms with Gasteiger partial charge in [0.25, 0.3) is 10.0 Å². The minimum Gasteiger partial charge on any atom is -0.444 e. The first-order valence-electron chi connectivity index (χ1n) is 7.49. The van der Waals surface area contributed by atoms with E-state index in [4.69, 9.17) is 4.42 Å². The second kappa shape index (κ2) is 6.12. The second-order valence-electron chi connectivity index (χ2n) is 5.30. The molecule has 0 amide bonds. The molecular formula is C16H18N4O3S. The van der Waals surface area contributed by atoms with Gasteiger partial charge in [-0.1, -0.05) is 12.1 Å². The zero-order valence-corrected chi connectivity index (χ0v) is 14.5. The highest BCUT2D eigenvalue weighted by Gasteiger charge is 2.25. The van der Waals surface area contributed by atoms with Crippen molar-refractivity contribution >= 4 is 15.7 Å². The summed E-state index contributed by atoms with van der Waals surface area (Å²) >= 11 is 0. The molecule has 0 aliphatic carbocycles. The lowest BCUT2D eigenvalue weighted by molar-refractivity contribution is 0.575. The third-order valence-electron chi connectivity index (χ3n) is 3.72. The molecule has 0 fully saturated rings. The number of hydrogen-bond acceptors (Lipinski definition) is 5. The molecule has 0 saturated carbocycles. The maximum Gasteiger partial charge on any atom is 0.265 e. The van der Waals surface area contributed by atoms with Crippen molar-refractivity contribution in [3.05, 3.63) is 48.1 Å². The van der Waals surface area contributed by atoms with E-state index in [0.29, 0.717) is 35.1 Å². The zero-order chi connectivity index (χ0) is 17.3. The Morgan fingerprint density at radius 1 is 1.25 bits per heavy atom. The lowest BCUT2D eigenvalue weighted by Crippen LogP contribution is -2.15. The van der Waals surface area contributed by atoms with Gasteiger partial charge >= 0.3 is 0 Å². The average molecular weight is 346 g/mol. The number of anilines is 1. The van der Waals surface area contributed by atoms with Gasteiger partial charge in [0.1, 0.15) is 11.2 Å². The molecule has 0 aliphatic heterocycles. The molecule has 0 saturated heterocycles. The molecule has 0 aliphatic rings. The number of sulfonamides is 1. The van der Waals surface area contributed by atoms with E-state index in [1.165, 1.54) is 12.5 Å². The largest absolute Gasteiger partial charge is 0.444 e. The first-order valence-corrected chi connectivity index (χ1v) is 8.98. The van der Waals surface area contributed by atoms with Crippen molar-refractivity contribution in [1.82, 2.24) is 14.8 Å². The maximum absolute atomic E-state index is 12.9. The van der Waals surface area contributed by atoms with E-state index in [2.05, 4.69) is 14.8 Å². The van der Waals surface area contributed by atoms with Gasteiger partial charge in [-0.3, -0.25) is 9.40 Å². The topological polar surface area (TPSA) is 90.0 Å². The monoisotopic (exact) mass is 346 g/mol. The third kappa shape index (κ3) is 2.80. The van der Waals surface area contributed by atoms with E-state index in [1.807, 2.05) is 6.92 Å². The van der Waals surface area contributed by atoms with Crippen LogP contribution in [0.15, 0.2) is 46.0 Å². The van der Waals surface area contributed by atoms with Crippen molar-refractivity contribution in [3.8, 4) is 11.5 Å². The summed E-state index contributed by atoms with van der Waals surface area (Å²) in [6, 6.07) is 6.97. The molecule has 2 aromatic heterocycles. The predicted molar refractivity (Wildman–Crippen MR) is 90.1 cm³/mol. The van der Waals surface area contributed by atoms with E-state index in [1.54, 1.807) is 42.8 Å². The van der Waals surface area contributed by atoms with Crippen LogP contribution in [0, 0.1) is 13.8 Å². The van der Waals surface area contributed by atoms with Gasteiger partial charge in [0.15, 0.2) is 0 Å². The summed E-state index contributed by atoms with van der Waals surface area (Å²) < 4.78 is 35.3. The fourth-order valence-electron chi connectivity index (χ4n) is 2.69. The Kier molecular flexibility index (Phi) is 4.15. The maximum atomic E-state index is 12.9. The fraction of sp³-hybridized carbons (Fsp3) is 0.250. The van der Waals surface area contributed by atoms with Gasteiger partial charge in [-0.2, -0.15) is 5.10 Å². The summed E-state index contributed by atoms with van der Waals surface area (Å²) in [6.45, 7) is 5.96. The molecule has 126 valence electrons. The molecule has 0 unspecified atom stereocenters. The number of aromatic nitrogens is 3. The van der Waals surface area contributed by atoms with Gasteiger partial charge in [0, 0.05) is 6.54 Å². The molecule has 0 radical (unpaired) electrons. The molecule has 24 heavy (non-hydrogen) atoms. The molecule has 0 spiro atoms. The fourth-order valence-corrected chi connectivity index (χ4v) is 4.18. The van der Waals surface area contributed by atoms with Crippen LogP contribution in [0.2, 0.25) is 0 Å². The van der Waals surface area contributed by atoms with Crippen LogP contribution in [-0.2, 0) is 16.6 Å². The van der Waals surface area contributed by atoms with Crippen LogP contribution >= 0.6 is 0 Å². The summed E-state index contributed by atoms with van der Waals surface area (Å²) in [4.78, 5) is 4.28. The van der Waals surface area contributed by atoms with Crippen LogP contribution in [0.1, 0.15) is 18.3 Å². The van der Waals surface area contributed by atoms with Crippen molar-refractivity contribution in [3.63, 3.8) is 0 Å².